The quantitative estimate of drug-likeness (QED) is 0.309. The van der Waals surface area contributed by atoms with Crippen LogP contribution in [0.2, 0.25) is 0 Å². The minimum absolute atomic E-state index is 0.0962. The maximum atomic E-state index is 12.2. The number of carbonyl (C=O) groups excluding carboxylic acids is 1. The van der Waals surface area contributed by atoms with E-state index in [2.05, 4.69) is 58.3 Å². The second-order valence-electron chi connectivity index (χ2n) is 14.2. The van der Waals surface area contributed by atoms with Crippen LogP contribution in [0.25, 0.3) is 0 Å². The second-order valence-corrected chi connectivity index (χ2v) is 14.2. The fourth-order valence-corrected chi connectivity index (χ4v) is 9.86. The van der Waals surface area contributed by atoms with Crippen molar-refractivity contribution in [3.05, 3.63) is 11.6 Å². The van der Waals surface area contributed by atoms with Crippen LogP contribution in [0.4, 0.5) is 4.79 Å². The summed E-state index contributed by atoms with van der Waals surface area (Å²) in [5.74, 6) is 3.03. The third-order valence-corrected chi connectivity index (χ3v) is 11.6. The molecule has 5 nitrogen and oxygen atoms in total. The molecule has 0 aliphatic heterocycles. The van der Waals surface area contributed by atoms with E-state index in [9.17, 15) is 9.59 Å². The van der Waals surface area contributed by atoms with Gasteiger partial charge in [0.15, 0.2) is 0 Å². The Balaban J connectivity index is 1.45. The first kappa shape index (κ1) is 27.5. The normalized spacial score (nSPS) is 40.5. The van der Waals surface area contributed by atoms with E-state index in [1.165, 1.54) is 51.4 Å². The summed E-state index contributed by atoms with van der Waals surface area (Å²) in [6, 6.07) is -0.265. The molecule has 0 aromatic heterocycles. The van der Waals surface area contributed by atoms with Gasteiger partial charge in [-0.25, -0.2) is 4.79 Å². The van der Waals surface area contributed by atoms with E-state index in [-0.39, 0.29) is 24.0 Å². The first-order chi connectivity index (χ1) is 16.9. The third-order valence-electron chi connectivity index (χ3n) is 11.6. The predicted octanol–water partition coefficient (Wildman–Crippen LogP) is 7.17. The molecule has 0 saturated heterocycles. The van der Waals surface area contributed by atoms with Crippen molar-refractivity contribution in [3.8, 4) is 0 Å². The number of rotatable bonds is 8. The molecule has 2 amide bonds. The van der Waals surface area contributed by atoms with Crippen LogP contribution >= 0.6 is 0 Å². The topological polar surface area (TPSA) is 78.4 Å². The standard InChI is InChI=1S/C31H52N2O3/c1-20(2)8-7-9-21(3)24-10-11-25-30(24,5)17-14-26-29(4)16-13-23(33-28(36)32-19-27(34)35)18-22(29)12-15-31(25,26)6/h12,20-21,23-26H,7-11,13-19H2,1-6H3,(H,34,35)(H2,32,33,36)/t21-,23+,24?,25-,26-,29+,30-,31+/m1/s1. The minimum atomic E-state index is -1.01. The summed E-state index contributed by atoms with van der Waals surface area (Å²) in [6.07, 6.45) is 16.4. The van der Waals surface area contributed by atoms with Gasteiger partial charge in [0.2, 0.25) is 0 Å². The molecule has 0 bridgehead atoms. The maximum Gasteiger partial charge on any atom is 0.323 e. The number of carboxylic acid groups (broad SMARTS) is 1. The molecule has 4 aliphatic rings. The van der Waals surface area contributed by atoms with E-state index in [4.69, 9.17) is 5.11 Å². The van der Waals surface area contributed by atoms with E-state index < -0.39 is 5.97 Å². The average Bonchev–Trinajstić information content (AvgIpc) is 3.16. The molecule has 0 aromatic carbocycles. The molecule has 0 spiro atoms. The SMILES string of the molecule is CC(C)CCC[C@@H](C)C1CC[C@H]2[C@]3(C)CC=C4C[C@@H](NC(=O)NCC(=O)O)CC[C@]4(C)[C@H]3CC[C@]12C. The summed E-state index contributed by atoms with van der Waals surface area (Å²) in [5, 5.41) is 14.3. The number of fused-ring (bicyclic) bond motifs is 5. The molecule has 4 aliphatic carbocycles. The Hall–Kier alpha value is -1.52. The molecule has 0 radical (unpaired) electrons. The molecule has 4 rings (SSSR count). The number of carbonyl (C=O) groups is 2. The number of carboxylic acids is 1. The van der Waals surface area contributed by atoms with Crippen LogP contribution in [0.5, 0.6) is 0 Å². The Morgan fingerprint density at radius 2 is 1.75 bits per heavy atom. The van der Waals surface area contributed by atoms with Gasteiger partial charge in [0.1, 0.15) is 6.54 Å². The molecule has 3 N–H and O–H groups in total. The second kappa shape index (κ2) is 10.3. The van der Waals surface area contributed by atoms with Crippen LogP contribution in [0.15, 0.2) is 11.6 Å². The molecule has 0 aromatic rings. The maximum absolute atomic E-state index is 12.2. The highest BCUT2D eigenvalue weighted by Gasteiger charge is 2.63. The van der Waals surface area contributed by atoms with Crippen molar-refractivity contribution in [2.45, 2.75) is 118 Å². The lowest BCUT2D eigenvalue weighted by atomic mass is 9.41. The predicted molar refractivity (Wildman–Crippen MR) is 146 cm³/mol. The van der Waals surface area contributed by atoms with Crippen LogP contribution in [-0.2, 0) is 4.79 Å². The lowest BCUT2D eigenvalue weighted by Crippen LogP contribution is -2.57. The van der Waals surface area contributed by atoms with Gasteiger partial charge in [0.25, 0.3) is 0 Å². The monoisotopic (exact) mass is 500 g/mol. The molecule has 36 heavy (non-hydrogen) atoms. The summed E-state index contributed by atoms with van der Waals surface area (Å²) in [6.45, 7) is 14.7. The van der Waals surface area contributed by atoms with Crippen molar-refractivity contribution < 1.29 is 14.7 Å². The van der Waals surface area contributed by atoms with Crippen LogP contribution in [-0.4, -0.2) is 29.7 Å². The lowest BCUT2D eigenvalue weighted by molar-refractivity contribution is -0.135. The van der Waals surface area contributed by atoms with E-state index in [0.717, 1.165) is 48.9 Å². The van der Waals surface area contributed by atoms with Crippen molar-refractivity contribution >= 4 is 12.0 Å². The number of allylic oxidation sites excluding steroid dienone is 1. The Morgan fingerprint density at radius 3 is 2.44 bits per heavy atom. The first-order valence-corrected chi connectivity index (χ1v) is 14.9. The molecule has 3 saturated carbocycles. The van der Waals surface area contributed by atoms with Gasteiger partial charge >= 0.3 is 12.0 Å². The van der Waals surface area contributed by atoms with Crippen LogP contribution in [0, 0.1) is 45.8 Å². The molecule has 8 atom stereocenters. The first-order valence-electron chi connectivity index (χ1n) is 14.9. The summed E-state index contributed by atoms with van der Waals surface area (Å²) < 4.78 is 0. The van der Waals surface area contributed by atoms with Crippen molar-refractivity contribution in [3.63, 3.8) is 0 Å². The van der Waals surface area contributed by atoms with E-state index in [1.54, 1.807) is 5.57 Å². The zero-order valence-corrected chi connectivity index (χ0v) is 23.8. The number of nitrogens with one attached hydrogen (secondary N) is 2. The Bertz CT molecular complexity index is 868. The number of hydrogen-bond acceptors (Lipinski definition) is 2. The van der Waals surface area contributed by atoms with E-state index in [1.807, 2.05) is 0 Å². The number of urea groups is 1. The lowest BCUT2D eigenvalue weighted by Gasteiger charge is -2.63. The van der Waals surface area contributed by atoms with Crippen molar-refractivity contribution in [2.75, 3.05) is 6.54 Å². The minimum Gasteiger partial charge on any atom is -0.480 e. The Labute approximate surface area is 219 Å². The molecule has 204 valence electrons. The van der Waals surface area contributed by atoms with Gasteiger partial charge in [0.05, 0.1) is 0 Å². The molecular formula is C31H52N2O3. The molecule has 5 heteroatoms. The Morgan fingerprint density at radius 1 is 1.00 bits per heavy atom. The van der Waals surface area contributed by atoms with Gasteiger partial charge in [-0.05, 0) is 97.2 Å². The van der Waals surface area contributed by atoms with Gasteiger partial charge in [-0.2, -0.15) is 0 Å². The highest BCUT2D eigenvalue weighted by atomic mass is 16.4. The summed E-state index contributed by atoms with van der Waals surface area (Å²) >= 11 is 0. The fraction of sp³-hybridized carbons (Fsp3) is 0.871. The highest BCUT2D eigenvalue weighted by Crippen LogP contribution is 2.71. The Kier molecular flexibility index (Phi) is 7.89. The van der Waals surface area contributed by atoms with Crippen LogP contribution < -0.4 is 10.6 Å². The van der Waals surface area contributed by atoms with Gasteiger partial charge in [-0.15, -0.1) is 0 Å². The van der Waals surface area contributed by atoms with Gasteiger partial charge in [-0.1, -0.05) is 72.5 Å². The van der Waals surface area contributed by atoms with E-state index in [0.29, 0.717) is 10.8 Å². The zero-order valence-electron chi connectivity index (χ0n) is 23.8. The molecule has 0 heterocycles. The highest BCUT2D eigenvalue weighted by molar-refractivity contribution is 5.80. The summed E-state index contributed by atoms with van der Waals surface area (Å²) in [7, 11) is 0. The van der Waals surface area contributed by atoms with Crippen LogP contribution in [0.3, 0.4) is 0 Å². The van der Waals surface area contributed by atoms with Gasteiger partial charge in [0, 0.05) is 6.04 Å². The molecule has 3 fully saturated rings. The van der Waals surface area contributed by atoms with Gasteiger partial charge in [-0.3, -0.25) is 4.79 Å². The molecule has 1 unspecified atom stereocenters. The van der Waals surface area contributed by atoms with Crippen molar-refractivity contribution in [2.24, 2.45) is 45.8 Å². The summed E-state index contributed by atoms with van der Waals surface area (Å²) in [4.78, 5) is 22.9. The van der Waals surface area contributed by atoms with Crippen LogP contribution in [0.1, 0.15) is 112 Å². The zero-order chi connectivity index (χ0) is 26.3. The number of hydrogen-bond donors (Lipinski definition) is 3. The summed E-state index contributed by atoms with van der Waals surface area (Å²) in [5.41, 5.74) is 2.62. The van der Waals surface area contributed by atoms with Gasteiger partial charge < -0.3 is 15.7 Å². The largest absolute Gasteiger partial charge is 0.480 e. The van der Waals surface area contributed by atoms with Crippen molar-refractivity contribution in [1.82, 2.24) is 10.6 Å². The average molecular weight is 501 g/mol. The smallest absolute Gasteiger partial charge is 0.323 e. The fourth-order valence-electron chi connectivity index (χ4n) is 9.86. The van der Waals surface area contributed by atoms with Crippen molar-refractivity contribution in [1.29, 1.82) is 0 Å². The number of amides is 2. The number of aliphatic carboxylic acids is 1. The third kappa shape index (κ3) is 4.97. The molecular weight excluding hydrogens is 448 g/mol. The van der Waals surface area contributed by atoms with E-state index >= 15 is 0 Å².